The molecule has 5 rings (SSSR count). The van der Waals surface area contributed by atoms with Crippen LogP contribution in [0.15, 0.2) is 88.7 Å². The molecular weight excluding hydrogens is 480 g/mol. The highest BCUT2D eigenvalue weighted by Gasteiger charge is 2.37. The molecule has 3 aliphatic rings. The number of hydrogen-bond donors (Lipinski definition) is 0. The second-order valence-electron chi connectivity index (χ2n) is 10.5. The van der Waals surface area contributed by atoms with Gasteiger partial charge in [0.2, 0.25) is 5.52 Å². The van der Waals surface area contributed by atoms with Gasteiger partial charge in [0, 0.05) is 18.7 Å². The molecule has 2 atom stereocenters. The minimum absolute atomic E-state index is 0.248. The maximum absolute atomic E-state index is 5.51. The van der Waals surface area contributed by atoms with Gasteiger partial charge in [0.25, 0.3) is 5.01 Å². The zero-order chi connectivity index (χ0) is 25.3. The van der Waals surface area contributed by atoms with Crippen molar-refractivity contribution in [1.29, 1.82) is 0 Å². The summed E-state index contributed by atoms with van der Waals surface area (Å²) in [6.45, 7) is 11.2. The number of aromatic nitrogens is 1. The molecule has 0 saturated carbocycles. The van der Waals surface area contributed by atoms with Gasteiger partial charge in [-0.25, -0.2) is 0 Å². The number of nitrogens with zero attached hydrogens (tertiary/aromatic N) is 2. The Bertz CT molecular complexity index is 1320. The molecule has 1 aromatic carbocycles. The van der Waals surface area contributed by atoms with Crippen LogP contribution in [0.25, 0.3) is 16.3 Å². The Morgan fingerprint density at radius 3 is 2.81 bits per heavy atom. The lowest BCUT2D eigenvalue weighted by Gasteiger charge is -2.31. The monoisotopic (exact) mass is 517 g/mol. The van der Waals surface area contributed by atoms with Gasteiger partial charge < -0.3 is 9.64 Å². The van der Waals surface area contributed by atoms with E-state index in [1.54, 1.807) is 7.11 Å². The van der Waals surface area contributed by atoms with Crippen molar-refractivity contribution in [3.05, 3.63) is 93.7 Å². The van der Waals surface area contributed by atoms with Gasteiger partial charge in [-0.15, -0.1) is 0 Å². The van der Waals surface area contributed by atoms with E-state index in [1.165, 1.54) is 31.4 Å². The minimum Gasteiger partial charge on any atom is -0.497 e. The van der Waals surface area contributed by atoms with Crippen LogP contribution in [0.2, 0.25) is 0 Å². The number of ether oxygens (including phenoxy) is 1. The number of fused-ring (bicyclic) bond motifs is 2. The first-order valence-electron chi connectivity index (χ1n) is 13.0. The van der Waals surface area contributed by atoms with E-state index in [2.05, 4.69) is 110 Å². The van der Waals surface area contributed by atoms with E-state index in [1.807, 2.05) is 23.1 Å². The summed E-state index contributed by atoms with van der Waals surface area (Å²) in [5.41, 5.74) is 4.40. The highest BCUT2D eigenvalue weighted by Crippen LogP contribution is 2.45. The topological polar surface area (TPSA) is 16.4 Å². The Labute approximate surface area is 224 Å². The predicted molar refractivity (Wildman–Crippen MR) is 156 cm³/mol. The smallest absolute Gasteiger partial charge is 0.262 e. The number of aryl methyl sites for hydroxylation is 1. The van der Waals surface area contributed by atoms with Crippen molar-refractivity contribution in [1.82, 2.24) is 4.90 Å². The second kappa shape index (κ2) is 10.5. The number of likely N-dealkylation sites (N-methyl/N-ethyl adjacent to an activating group) is 1. The lowest BCUT2D eigenvalue weighted by molar-refractivity contribution is -0.665. The summed E-state index contributed by atoms with van der Waals surface area (Å²) in [6, 6.07) is 9.05. The fourth-order valence-electron chi connectivity index (χ4n) is 5.60. The third kappa shape index (κ3) is 5.14. The molecule has 1 aliphatic heterocycles. The van der Waals surface area contributed by atoms with Crippen molar-refractivity contribution in [2.24, 2.45) is 5.41 Å². The molecule has 1 saturated heterocycles. The third-order valence-corrected chi connectivity index (χ3v) is 9.58. The van der Waals surface area contributed by atoms with Crippen LogP contribution < -0.4 is 4.57 Å². The molecule has 2 aliphatic carbocycles. The molecule has 188 valence electrons. The number of benzene rings is 1. The van der Waals surface area contributed by atoms with Crippen molar-refractivity contribution in [2.45, 2.75) is 58.4 Å². The van der Waals surface area contributed by atoms with Crippen LogP contribution in [-0.2, 0) is 11.3 Å². The summed E-state index contributed by atoms with van der Waals surface area (Å²) in [6.07, 6.45) is 20.6. The number of thioether (sulfide) groups is 1. The number of para-hydroxylation sites is 1. The lowest BCUT2D eigenvalue weighted by Crippen LogP contribution is -2.33. The van der Waals surface area contributed by atoms with Crippen molar-refractivity contribution in [2.75, 3.05) is 13.7 Å². The van der Waals surface area contributed by atoms with Crippen LogP contribution in [0.3, 0.4) is 0 Å². The fraction of sp³-hybridized carbons (Fsp3) is 0.387. The first kappa shape index (κ1) is 25.2. The SMILES string of the molecule is CCN1C(=CC2=C/C(=C/C=Cc3sc4ccccc4[n+]3CC)CC(C)(C)C2)SC2C=CC(OC)=CC21. The van der Waals surface area contributed by atoms with E-state index in [-0.39, 0.29) is 5.41 Å². The zero-order valence-corrected chi connectivity index (χ0v) is 23.7. The fourth-order valence-corrected chi connectivity index (χ4v) is 8.14. The van der Waals surface area contributed by atoms with Crippen LogP contribution in [0.5, 0.6) is 0 Å². The van der Waals surface area contributed by atoms with Gasteiger partial charge in [-0.1, -0.05) is 73.4 Å². The summed E-state index contributed by atoms with van der Waals surface area (Å²) in [4.78, 5) is 2.52. The maximum atomic E-state index is 5.51. The third-order valence-electron chi connectivity index (χ3n) is 7.14. The standard InChI is InChI=1S/C31H37N2OS2/c1-6-32-25-12-8-9-13-27(25)35-29(32)14-10-11-22-17-23(21-31(3,4)20-22)18-30-33(7-2)26-19-24(34-5)15-16-28(26)36-30/h8-19,26,28H,6-7,20-21H2,1-5H3/q+1. The highest BCUT2D eigenvalue weighted by molar-refractivity contribution is 8.04. The molecule has 0 spiro atoms. The van der Waals surface area contributed by atoms with Crippen molar-refractivity contribution >= 4 is 39.4 Å². The minimum atomic E-state index is 0.248. The van der Waals surface area contributed by atoms with E-state index in [4.69, 9.17) is 4.74 Å². The Morgan fingerprint density at radius 1 is 1.19 bits per heavy atom. The summed E-state index contributed by atoms with van der Waals surface area (Å²) in [5.74, 6) is 0.967. The van der Waals surface area contributed by atoms with Crippen LogP contribution in [-0.4, -0.2) is 29.8 Å². The maximum Gasteiger partial charge on any atom is 0.262 e. The van der Waals surface area contributed by atoms with Gasteiger partial charge in [0.05, 0.1) is 23.4 Å². The molecule has 36 heavy (non-hydrogen) atoms. The number of rotatable bonds is 6. The molecule has 1 fully saturated rings. The van der Waals surface area contributed by atoms with E-state index in [0.717, 1.165) is 31.7 Å². The van der Waals surface area contributed by atoms with Gasteiger partial charge in [-0.05, 0) is 67.5 Å². The summed E-state index contributed by atoms with van der Waals surface area (Å²) in [7, 11) is 1.76. The van der Waals surface area contributed by atoms with E-state index < -0.39 is 0 Å². The van der Waals surface area contributed by atoms with Crippen LogP contribution in [0, 0.1) is 5.41 Å². The van der Waals surface area contributed by atoms with E-state index in [9.17, 15) is 0 Å². The van der Waals surface area contributed by atoms with Crippen molar-refractivity contribution < 1.29 is 9.30 Å². The van der Waals surface area contributed by atoms with Gasteiger partial charge in [0.15, 0.2) is 0 Å². The zero-order valence-electron chi connectivity index (χ0n) is 22.0. The Balaban J connectivity index is 1.41. The number of methoxy groups -OCH3 is 1. The number of thiazole rings is 1. The lowest BCUT2D eigenvalue weighted by atomic mass is 9.75. The highest BCUT2D eigenvalue weighted by atomic mass is 32.2. The van der Waals surface area contributed by atoms with E-state index >= 15 is 0 Å². The predicted octanol–water partition coefficient (Wildman–Crippen LogP) is 7.64. The van der Waals surface area contributed by atoms with Gasteiger partial charge in [-0.3, -0.25) is 0 Å². The Hall–Kier alpha value is -2.50. The van der Waals surface area contributed by atoms with Crippen LogP contribution in [0.1, 0.15) is 45.5 Å². The summed E-state index contributed by atoms with van der Waals surface area (Å²) < 4.78 is 9.26. The summed E-state index contributed by atoms with van der Waals surface area (Å²) in [5, 5.41) is 3.13. The molecular formula is C31H37N2OS2+. The quantitative estimate of drug-likeness (QED) is 0.366. The Morgan fingerprint density at radius 2 is 2.03 bits per heavy atom. The van der Waals surface area contributed by atoms with Crippen molar-refractivity contribution in [3.63, 3.8) is 0 Å². The molecule has 0 N–H and O–H groups in total. The largest absolute Gasteiger partial charge is 0.497 e. The average Bonchev–Trinajstić information content (AvgIpc) is 3.39. The molecule has 0 amide bonds. The Kier molecular flexibility index (Phi) is 7.32. The molecule has 2 aromatic rings. The molecule has 1 aromatic heterocycles. The summed E-state index contributed by atoms with van der Waals surface area (Å²) >= 11 is 3.85. The molecule has 5 heteroatoms. The normalized spacial score (nSPS) is 25.6. The number of allylic oxidation sites excluding steroid dienone is 7. The number of hydrogen-bond acceptors (Lipinski definition) is 4. The molecule has 2 unspecified atom stereocenters. The average molecular weight is 518 g/mol. The van der Waals surface area contributed by atoms with E-state index in [0.29, 0.717) is 11.3 Å². The van der Waals surface area contributed by atoms with Crippen LogP contribution in [0.4, 0.5) is 0 Å². The van der Waals surface area contributed by atoms with Gasteiger partial charge >= 0.3 is 0 Å². The van der Waals surface area contributed by atoms with Gasteiger partial charge in [-0.2, -0.15) is 4.57 Å². The van der Waals surface area contributed by atoms with Gasteiger partial charge in [0.1, 0.15) is 17.0 Å². The molecule has 3 nitrogen and oxygen atoms in total. The molecule has 0 radical (unpaired) electrons. The first-order chi connectivity index (χ1) is 17.4. The van der Waals surface area contributed by atoms with Crippen LogP contribution >= 0.6 is 23.1 Å². The first-order valence-corrected chi connectivity index (χ1v) is 14.7. The second-order valence-corrected chi connectivity index (χ2v) is 12.7. The molecule has 2 heterocycles. The van der Waals surface area contributed by atoms with Crippen molar-refractivity contribution in [3.8, 4) is 0 Å². The molecule has 0 bridgehead atoms.